The molecule has 7 heteroatoms. The zero-order valence-electron chi connectivity index (χ0n) is 20.1. The highest BCUT2D eigenvalue weighted by Crippen LogP contribution is 2.22. The molecule has 0 unspecified atom stereocenters. The van der Waals surface area contributed by atoms with Crippen molar-refractivity contribution in [3.8, 4) is 0 Å². The number of methoxy groups -OCH3 is 1. The van der Waals surface area contributed by atoms with Crippen LogP contribution in [0.25, 0.3) is 0 Å². The van der Waals surface area contributed by atoms with E-state index in [9.17, 15) is 20.1 Å². The van der Waals surface area contributed by atoms with Crippen molar-refractivity contribution in [2.24, 2.45) is 0 Å². The van der Waals surface area contributed by atoms with Crippen molar-refractivity contribution in [3.05, 3.63) is 12.2 Å². The molecule has 0 aromatic heterocycles. The lowest BCUT2D eigenvalue weighted by Crippen LogP contribution is -2.59. The minimum Gasteiger partial charge on any atom is -0.463 e. The smallest absolute Gasteiger partial charge is 0.305 e. The van der Waals surface area contributed by atoms with Gasteiger partial charge in [0.2, 0.25) is 0 Å². The summed E-state index contributed by atoms with van der Waals surface area (Å²) in [5.74, 6) is -0.354. The van der Waals surface area contributed by atoms with Gasteiger partial charge in [-0.05, 0) is 32.1 Å². The molecule has 1 heterocycles. The maximum absolute atomic E-state index is 11.9. The van der Waals surface area contributed by atoms with Gasteiger partial charge in [0.05, 0.1) is 0 Å². The van der Waals surface area contributed by atoms with E-state index in [1.165, 1.54) is 58.5 Å². The molecule has 0 aliphatic carbocycles. The summed E-state index contributed by atoms with van der Waals surface area (Å²) in [6, 6.07) is 0. The summed E-state index contributed by atoms with van der Waals surface area (Å²) >= 11 is 0. The van der Waals surface area contributed by atoms with Crippen LogP contribution in [-0.4, -0.2) is 65.7 Å². The van der Waals surface area contributed by atoms with Gasteiger partial charge >= 0.3 is 5.97 Å². The third-order valence-corrected chi connectivity index (χ3v) is 5.95. The van der Waals surface area contributed by atoms with Crippen molar-refractivity contribution >= 4 is 5.97 Å². The van der Waals surface area contributed by atoms with Crippen molar-refractivity contribution < 1.29 is 34.3 Å². The van der Waals surface area contributed by atoms with Gasteiger partial charge in [0.1, 0.15) is 31.0 Å². The van der Waals surface area contributed by atoms with E-state index < -0.39 is 30.7 Å². The van der Waals surface area contributed by atoms with Gasteiger partial charge in [-0.25, -0.2) is 0 Å². The highest BCUT2D eigenvalue weighted by Gasteiger charge is 2.44. The van der Waals surface area contributed by atoms with Gasteiger partial charge < -0.3 is 29.5 Å². The number of ether oxygens (including phenoxy) is 3. The maximum atomic E-state index is 11.9. The van der Waals surface area contributed by atoms with E-state index in [1.54, 1.807) is 0 Å². The van der Waals surface area contributed by atoms with Crippen LogP contribution in [0.2, 0.25) is 0 Å². The maximum Gasteiger partial charge on any atom is 0.305 e. The number of allylic oxidation sites excluding steroid dienone is 2. The number of aliphatic hydroxyl groups excluding tert-OH is 3. The standard InChI is InChI=1S/C25H46O7/c1-3-4-5-6-7-8-9-10-11-12-13-14-15-16-17-18-21(26)31-19-20-22(27)23(28)24(29)25(30-2)32-20/h10-11,20,22-25,27-29H,3-9,12-19H2,1-2H3/t20-,22-,23+,24-,25+/m1/s1. The van der Waals surface area contributed by atoms with Crippen LogP contribution < -0.4 is 0 Å². The van der Waals surface area contributed by atoms with E-state index in [0.29, 0.717) is 6.42 Å². The summed E-state index contributed by atoms with van der Waals surface area (Å²) in [6.07, 6.45) is 14.4. The van der Waals surface area contributed by atoms with Crippen LogP contribution in [0.5, 0.6) is 0 Å². The van der Waals surface area contributed by atoms with Crippen LogP contribution in [-0.2, 0) is 19.0 Å². The average Bonchev–Trinajstić information content (AvgIpc) is 2.79. The van der Waals surface area contributed by atoms with Crippen molar-refractivity contribution in [3.63, 3.8) is 0 Å². The third kappa shape index (κ3) is 12.3. The molecule has 1 saturated heterocycles. The molecule has 0 spiro atoms. The molecule has 32 heavy (non-hydrogen) atoms. The Hall–Kier alpha value is -0.990. The Kier molecular flexibility index (Phi) is 16.7. The van der Waals surface area contributed by atoms with Gasteiger partial charge in [0.25, 0.3) is 0 Å². The first-order valence-corrected chi connectivity index (χ1v) is 12.5. The third-order valence-electron chi connectivity index (χ3n) is 5.95. The van der Waals surface area contributed by atoms with Crippen molar-refractivity contribution in [1.29, 1.82) is 0 Å². The molecule has 1 rings (SSSR count). The molecule has 0 aromatic rings. The molecule has 0 radical (unpaired) electrons. The fourth-order valence-electron chi connectivity index (χ4n) is 3.84. The topological polar surface area (TPSA) is 105 Å². The van der Waals surface area contributed by atoms with Crippen LogP contribution in [0, 0.1) is 0 Å². The van der Waals surface area contributed by atoms with Crippen molar-refractivity contribution in [2.45, 2.75) is 128 Å². The summed E-state index contributed by atoms with van der Waals surface area (Å²) in [5, 5.41) is 29.5. The number of hydrogen-bond acceptors (Lipinski definition) is 7. The lowest BCUT2D eigenvalue weighted by atomic mass is 9.99. The fraction of sp³-hybridized carbons (Fsp3) is 0.880. The van der Waals surface area contributed by atoms with Crippen molar-refractivity contribution in [2.75, 3.05) is 13.7 Å². The van der Waals surface area contributed by atoms with E-state index in [-0.39, 0.29) is 12.6 Å². The second-order valence-electron chi connectivity index (χ2n) is 8.77. The van der Waals surface area contributed by atoms with E-state index in [1.807, 2.05) is 0 Å². The highest BCUT2D eigenvalue weighted by molar-refractivity contribution is 5.69. The lowest BCUT2D eigenvalue weighted by molar-refractivity contribution is -0.295. The number of esters is 1. The summed E-state index contributed by atoms with van der Waals surface area (Å²) < 4.78 is 15.4. The number of hydrogen-bond donors (Lipinski definition) is 3. The second-order valence-corrected chi connectivity index (χ2v) is 8.77. The molecule has 0 aromatic carbocycles. The molecule has 7 nitrogen and oxygen atoms in total. The Bertz CT molecular complexity index is 495. The number of carbonyl (C=O) groups excluding carboxylic acids is 1. The predicted octanol–water partition coefficient (Wildman–Crippen LogP) is 4.02. The molecule has 0 saturated carbocycles. The minimum absolute atomic E-state index is 0.186. The Balaban J connectivity index is 1.97. The Morgan fingerprint density at radius 3 is 1.97 bits per heavy atom. The first-order chi connectivity index (χ1) is 15.5. The van der Waals surface area contributed by atoms with Crippen LogP contribution in [0.1, 0.15) is 96.8 Å². The largest absolute Gasteiger partial charge is 0.463 e. The first kappa shape index (κ1) is 29.0. The first-order valence-electron chi connectivity index (χ1n) is 12.5. The van der Waals surface area contributed by atoms with Crippen LogP contribution in [0.4, 0.5) is 0 Å². The van der Waals surface area contributed by atoms with Crippen LogP contribution >= 0.6 is 0 Å². The van der Waals surface area contributed by atoms with E-state index in [4.69, 9.17) is 14.2 Å². The number of unbranched alkanes of at least 4 members (excludes halogenated alkanes) is 11. The minimum atomic E-state index is -1.41. The number of aliphatic hydroxyl groups is 3. The van der Waals surface area contributed by atoms with E-state index >= 15 is 0 Å². The number of carbonyl (C=O) groups is 1. The normalized spacial score (nSPS) is 26.0. The van der Waals surface area contributed by atoms with Gasteiger partial charge in [0, 0.05) is 13.5 Å². The average molecular weight is 459 g/mol. The fourth-order valence-corrected chi connectivity index (χ4v) is 3.84. The van der Waals surface area contributed by atoms with Gasteiger partial charge in [-0.3, -0.25) is 4.79 Å². The molecular weight excluding hydrogens is 412 g/mol. The molecule has 1 aliphatic rings. The van der Waals surface area contributed by atoms with Gasteiger partial charge in [-0.15, -0.1) is 0 Å². The van der Waals surface area contributed by atoms with Crippen molar-refractivity contribution in [1.82, 2.24) is 0 Å². The monoisotopic (exact) mass is 458 g/mol. The zero-order valence-corrected chi connectivity index (χ0v) is 20.1. The predicted molar refractivity (Wildman–Crippen MR) is 124 cm³/mol. The molecular formula is C25H46O7. The van der Waals surface area contributed by atoms with Gasteiger partial charge in [-0.1, -0.05) is 70.4 Å². The molecule has 3 N–H and O–H groups in total. The van der Waals surface area contributed by atoms with Gasteiger partial charge in [-0.2, -0.15) is 0 Å². The summed E-state index contributed by atoms with van der Waals surface area (Å²) in [4.78, 5) is 11.9. The molecule has 188 valence electrons. The molecule has 0 bridgehead atoms. The molecule has 1 fully saturated rings. The quantitative estimate of drug-likeness (QED) is 0.162. The number of rotatable bonds is 18. The van der Waals surface area contributed by atoms with E-state index in [2.05, 4.69) is 19.1 Å². The highest BCUT2D eigenvalue weighted by atomic mass is 16.7. The molecule has 1 aliphatic heterocycles. The Labute approximate surface area is 194 Å². The second kappa shape index (κ2) is 18.4. The van der Waals surface area contributed by atoms with Gasteiger partial charge in [0.15, 0.2) is 6.29 Å². The van der Waals surface area contributed by atoms with Crippen LogP contribution in [0.3, 0.4) is 0 Å². The zero-order chi connectivity index (χ0) is 23.6. The van der Waals surface area contributed by atoms with Crippen LogP contribution in [0.15, 0.2) is 12.2 Å². The summed E-state index contributed by atoms with van der Waals surface area (Å²) in [6.45, 7) is 2.06. The Morgan fingerprint density at radius 1 is 0.812 bits per heavy atom. The van der Waals surface area contributed by atoms with E-state index in [0.717, 1.165) is 32.1 Å². The summed E-state index contributed by atoms with van der Waals surface area (Å²) in [7, 11) is 1.33. The molecule has 0 amide bonds. The SMILES string of the molecule is CCCCCCCCC=CCCCCCCCC(=O)OC[C@H]1O[C@H](OC)[C@H](O)[C@@H](O)[C@@H]1O. The molecule has 5 atom stereocenters. The Morgan fingerprint density at radius 2 is 1.38 bits per heavy atom. The lowest BCUT2D eigenvalue weighted by Gasteiger charge is -2.39. The summed E-state index contributed by atoms with van der Waals surface area (Å²) in [5.41, 5.74) is 0.